The molecule has 0 saturated carbocycles. The van der Waals surface area contributed by atoms with Gasteiger partial charge in [-0.15, -0.1) is 0 Å². The minimum absolute atomic E-state index is 0.360. The molecule has 24 heavy (non-hydrogen) atoms. The van der Waals surface area contributed by atoms with Crippen LogP contribution >= 0.6 is 0 Å². The Balaban J connectivity index is 2.06. The van der Waals surface area contributed by atoms with E-state index in [1.54, 1.807) is 16.8 Å². The Morgan fingerprint density at radius 2 is 1.62 bits per heavy atom. The third kappa shape index (κ3) is 2.49. The highest BCUT2D eigenvalue weighted by Gasteiger charge is 2.52. The highest BCUT2D eigenvalue weighted by Crippen LogP contribution is 2.36. The van der Waals surface area contributed by atoms with Gasteiger partial charge in [0.1, 0.15) is 11.5 Å². The predicted octanol–water partition coefficient (Wildman–Crippen LogP) is 3.24. The molecule has 1 saturated heterocycles. The summed E-state index contributed by atoms with van der Waals surface area (Å²) in [4.78, 5) is 0. The maximum atomic E-state index is 15.2. The van der Waals surface area contributed by atoms with Crippen molar-refractivity contribution in [1.29, 1.82) is 0 Å². The minimum Gasteiger partial charge on any atom is -0.399 e. The first-order valence-corrected chi connectivity index (χ1v) is 8.22. The molecule has 0 radical (unpaired) electrons. The van der Waals surface area contributed by atoms with Crippen LogP contribution in [-0.4, -0.2) is 28.1 Å². The van der Waals surface area contributed by atoms with Crippen molar-refractivity contribution in [2.24, 2.45) is 0 Å². The van der Waals surface area contributed by atoms with Crippen molar-refractivity contribution in [1.82, 2.24) is 9.78 Å². The quantitative estimate of drug-likeness (QED) is 0.793. The summed E-state index contributed by atoms with van der Waals surface area (Å²) >= 11 is 0. The number of hydrogen-bond donors (Lipinski definition) is 0. The second-order valence-corrected chi connectivity index (χ2v) is 7.48. The molecule has 3 rings (SSSR count). The molecule has 2 heterocycles. The zero-order valence-electron chi connectivity index (χ0n) is 15.4. The van der Waals surface area contributed by atoms with Crippen molar-refractivity contribution in [2.45, 2.75) is 59.7 Å². The molecule has 1 fully saturated rings. The Kier molecular flexibility index (Phi) is 3.88. The van der Waals surface area contributed by atoms with Gasteiger partial charge in [0.2, 0.25) is 0 Å². The van der Waals surface area contributed by atoms with E-state index in [9.17, 15) is 0 Å². The van der Waals surface area contributed by atoms with Crippen LogP contribution in [0.25, 0.3) is 5.69 Å². The zero-order chi connectivity index (χ0) is 17.9. The molecule has 0 amide bonds. The standard InChI is InChI=1S/C18H24BFN2O2/c1-11-12(2)21-22(13(11)3)15-10-8-9-14(16(15)20)19-23-17(4,5)18(6,7)24-19/h8-10H,1-7H3. The molecule has 4 nitrogen and oxygen atoms in total. The maximum Gasteiger partial charge on any atom is 0.497 e. The third-order valence-electron chi connectivity index (χ3n) is 5.40. The molecule has 1 aromatic heterocycles. The maximum absolute atomic E-state index is 15.2. The summed E-state index contributed by atoms with van der Waals surface area (Å²) in [6.07, 6.45) is 0. The molecule has 0 N–H and O–H groups in total. The molecule has 2 aromatic rings. The van der Waals surface area contributed by atoms with Crippen LogP contribution in [-0.2, 0) is 9.31 Å². The summed E-state index contributed by atoms with van der Waals surface area (Å²) in [7, 11) is -0.729. The average molecular weight is 330 g/mol. The molecular formula is C18H24BFN2O2. The van der Waals surface area contributed by atoms with Gasteiger partial charge in [0, 0.05) is 11.2 Å². The van der Waals surface area contributed by atoms with Crippen LogP contribution in [0.3, 0.4) is 0 Å². The highest BCUT2D eigenvalue weighted by atomic mass is 19.1. The molecule has 0 spiro atoms. The Labute approximate surface area is 143 Å². The van der Waals surface area contributed by atoms with Crippen LogP contribution in [0.2, 0.25) is 0 Å². The summed E-state index contributed by atoms with van der Waals surface area (Å²) in [5, 5.41) is 4.46. The number of halogens is 1. The van der Waals surface area contributed by atoms with E-state index < -0.39 is 18.3 Å². The van der Waals surface area contributed by atoms with Crippen molar-refractivity contribution in [2.75, 3.05) is 0 Å². The van der Waals surface area contributed by atoms with Gasteiger partial charge in [0.05, 0.1) is 16.9 Å². The van der Waals surface area contributed by atoms with Crippen LogP contribution in [0.5, 0.6) is 0 Å². The smallest absolute Gasteiger partial charge is 0.399 e. The van der Waals surface area contributed by atoms with Gasteiger partial charge >= 0.3 is 7.12 Å². The zero-order valence-corrected chi connectivity index (χ0v) is 15.4. The second kappa shape index (κ2) is 5.43. The van der Waals surface area contributed by atoms with E-state index >= 15 is 4.39 Å². The van der Waals surface area contributed by atoms with Gasteiger partial charge in [-0.3, -0.25) is 0 Å². The van der Waals surface area contributed by atoms with Crippen LogP contribution in [0, 0.1) is 26.6 Å². The molecule has 6 heteroatoms. The first-order chi connectivity index (χ1) is 11.0. The van der Waals surface area contributed by atoms with E-state index in [-0.39, 0.29) is 5.82 Å². The van der Waals surface area contributed by atoms with E-state index in [0.29, 0.717) is 11.2 Å². The lowest BCUT2D eigenvalue weighted by atomic mass is 9.78. The van der Waals surface area contributed by atoms with Crippen LogP contribution < -0.4 is 5.46 Å². The van der Waals surface area contributed by atoms with Gasteiger partial charge in [0.25, 0.3) is 0 Å². The number of rotatable bonds is 2. The van der Waals surface area contributed by atoms with E-state index in [2.05, 4.69) is 5.10 Å². The van der Waals surface area contributed by atoms with Crippen molar-refractivity contribution in [3.8, 4) is 5.69 Å². The van der Waals surface area contributed by atoms with E-state index in [1.807, 2.05) is 54.5 Å². The van der Waals surface area contributed by atoms with Gasteiger partial charge < -0.3 is 9.31 Å². The van der Waals surface area contributed by atoms with Crippen molar-refractivity contribution < 1.29 is 13.7 Å². The van der Waals surface area contributed by atoms with E-state index in [0.717, 1.165) is 17.0 Å². The molecule has 0 aliphatic carbocycles. The highest BCUT2D eigenvalue weighted by molar-refractivity contribution is 6.62. The lowest BCUT2D eigenvalue weighted by Gasteiger charge is -2.32. The molecule has 128 valence electrons. The molecule has 0 unspecified atom stereocenters. The normalized spacial score (nSPS) is 19.1. The molecule has 0 bridgehead atoms. The van der Waals surface area contributed by atoms with Crippen molar-refractivity contribution in [3.63, 3.8) is 0 Å². The van der Waals surface area contributed by atoms with Crippen LogP contribution in [0.4, 0.5) is 4.39 Å². The predicted molar refractivity (Wildman–Crippen MR) is 93.4 cm³/mol. The fourth-order valence-corrected chi connectivity index (χ4v) is 2.81. The largest absolute Gasteiger partial charge is 0.497 e. The number of hydrogen-bond acceptors (Lipinski definition) is 3. The van der Waals surface area contributed by atoms with Gasteiger partial charge in [-0.25, -0.2) is 9.07 Å². The fraction of sp³-hybridized carbons (Fsp3) is 0.500. The monoisotopic (exact) mass is 330 g/mol. The Morgan fingerprint density at radius 3 is 2.12 bits per heavy atom. The SMILES string of the molecule is Cc1nn(-c2cccc(B3OC(C)(C)C(C)(C)O3)c2F)c(C)c1C. The number of nitrogens with zero attached hydrogens (tertiary/aromatic N) is 2. The molecule has 0 atom stereocenters. The van der Waals surface area contributed by atoms with Crippen molar-refractivity contribution >= 4 is 12.6 Å². The van der Waals surface area contributed by atoms with E-state index in [4.69, 9.17) is 9.31 Å². The Bertz CT molecular complexity index is 783. The van der Waals surface area contributed by atoms with Crippen LogP contribution in [0.1, 0.15) is 44.6 Å². The summed E-state index contributed by atoms with van der Waals surface area (Å²) < 4.78 is 28.8. The van der Waals surface area contributed by atoms with Crippen molar-refractivity contribution in [3.05, 3.63) is 41.0 Å². The lowest BCUT2D eigenvalue weighted by molar-refractivity contribution is 0.00578. The number of benzene rings is 1. The topological polar surface area (TPSA) is 36.3 Å². The number of aromatic nitrogens is 2. The average Bonchev–Trinajstić information content (AvgIpc) is 2.86. The molecule has 1 aliphatic heterocycles. The van der Waals surface area contributed by atoms with Gasteiger partial charge in [-0.2, -0.15) is 5.10 Å². The van der Waals surface area contributed by atoms with E-state index in [1.165, 1.54) is 0 Å². The first kappa shape index (κ1) is 17.2. The Morgan fingerprint density at radius 1 is 1.04 bits per heavy atom. The fourth-order valence-electron chi connectivity index (χ4n) is 2.81. The minimum atomic E-state index is -0.729. The van der Waals surface area contributed by atoms with Gasteiger partial charge in [-0.1, -0.05) is 12.1 Å². The van der Waals surface area contributed by atoms with Crippen LogP contribution in [0.15, 0.2) is 18.2 Å². The van der Waals surface area contributed by atoms with Gasteiger partial charge in [-0.05, 0) is 60.1 Å². The number of aryl methyl sites for hydroxylation is 1. The summed E-state index contributed by atoms with van der Waals surface area (Å²) in [6, 6.07) is 5.24. The molecule has 1 aromatic carbocycles. The third-order valence-corrected chi connectivity index (χ3v) is 5.40. The summed E-state index contributed by atoms with van der Waals surface area (Å²) in [5.41, 5.74) is 2.69. The second-order valence-electron chi connectivity index (χ2n) is 7.48. The summed E-state index contributed by atoms with van der Waals surface area (Å²) in [6.45, 7) is 13.7. The Hall–Kier alpha value is -1.66. The first-order valence-electron chi connectivity index (χ1n) is 8.22. The lowest BCUT2D eigenvalue weighted by Crippen LogP contribution is -2.41. The van der Waals surface area contributed by atoms with Gasteiger partial charge in [0.15, 0.2) is 0 Å². The summed E-state index contributed by atoms with van der Waals surface area (Å²) in [5.74, 6) is -0.360. The molecule has 1 aliphatic rings. The molecular weight excluding hydrogens is 306 g/mol.